The van der Waals surface area contributed by atoms with Gasteiger partial charge in [0, 0.05) is 5.29 Å². The van der Waals surface area contributed by atoms with Crippen molar-refractivity contribution in [3.05, 3.63) is 0 Å². The van der Waals surface area contributed by atoms with Crippen LogP contribution in [0.5, 0.6) is 0 Å². The molecule has 0 fully saturated rings. The monoisotopic (exact) mass is 150 g/mol. The minimum Gasteiger partial charge on any atom is -0.481 e. The van der Waals surface area contributed by atoms with Crippen molar-refractivity contribution in [1.29, 1.82) is 0 Å². The second-order valence-corrected chi connectivity index (χ2v) is 2.33. The van der Waals surface area contributed by atoms with Gasteiger partial charge >= 0.3 is 11.9 Å². The van der Waals surface area contributed by atoms with Gasteiger partial charge in [-0.2, -0.15) is 0 Å². The number of carboxylic acids is 2. The highest BCUT2D eigenvalue weighted by atomic mass is 31.0. The Kier molecular flexibility index (Phi) is 3.02. The molecule has 0 amide bonds. The first-order chi connectivity index (χ1) is 4.04. The molecule has 0 saturated carbocycles. The Morgan fingerprint density at radius 3 is 1.89 bits per heavy atom. The number of hydrogen-bond donors (Lipinski definition) is 2. The van der Waals surface area contributed by atoms with E-state index in [4.69, 9.17) is 10.2 Å². The molecule has 0 aromatic rings. The van der Waals surface area contributed by atoms with Gasteiger partial charge in [0.1, 0.15) is 0 Å². The van der Waals surface area contributed by atoms with Crippen LogP contribution in [0.4, 0.5) is 0 Å². The van der Waals surface area contributed by atoms with Gasteiger partial charge in [-0.15, -0.1) is 8.86 Å². The van der Waals surface area contributed by atoms with Gasteiger partial charge in [0.05, 0.1) is 6.42 Å². The van der Waals surface area contributed by atoms with Crippen LogP contribution >= 0.6 is 8.86 Å². The van der Waals surface area contributed by atoms with Crippen molar-refractivity contribution in [1.82, 2.24) is 0 Å². The van der Waals surface area contributed by atoms with Gasteiger partial charge in [-0.05, 0) is 0 Å². The molecule has 2 N–H and O–H groups in total. The summed E-state index contributed by atoms with van der Waals surface area (Å²) in [5.74, 6) is -2.25. The standard InChI is InChI=1S/C4H7O4P/c5-3(6)1-2(9)4(7)8/h1H2,9H3,(H,5,6)(H,7,8). The lowest BCUT2D eigenvalue weighted by Crippen LogP contribution is -2.13. The van der Waals surface area contributed by atoms with Gasteiger partial charge < -0.3 is 10.2 Å². The Hall–Kier alpha value is -0.760. The summed E-state index contributed by atoms with van der Waals surface area (Å²) in [4.78, 5) is 19.8. The Labute approximate surface area is 53.3 Å². The first-order valence-corrected chi connectivity index (χ1v) is 2.87. The predicted molar refractivity (Wildman–Crippen MR) is 36.0 cm³/mol. The first kappa shape index (κ1) is 8.24. The van der Waals surface area contributed by atoms with Crippen LogP contribution in [0.3, 0.4) is 0 Å². The lowest BCUT2D eigenvalue weighted by molar-refractivity contribution is -0.137. The summed E-state index contributed by atoms with van der Waals surface area (Å²) in [6.45, 7) is 0. The van der Waals surface area contributed by atoms with Crippen molar-refractivity contribution < 1.29 is 19.8 Å². The van der Waals surface area contributed by atoms with Crippen LogP contribution in [-0.2, 0) is 9.59 Å². The van der Waals surface area contributed by atoms with E-state index in [-0.39, 0.29) is 11.7 Å². The molecule has 52 valence electrons. The van der Waals surface area contributed by atoms with Crippen molar-refractivity contribution in [2.24, 2.45) is 0 Å². The Morgan fingerprint density at radius 1 is 1.33 bits per heavy atom. The molecule has 0 aromatic carbocycles. The maximum atomic E-state index is 9.94. The fourth-order valence-electron chi connectivity index (χ4n) is 0.258. The van der Waals surface area contributed by atoms with Crippen LogP contribution in [0.1, 0.15) is 6.42 Å². The summed E-state index contributed by atoms with van der Waals surface area (Å²) in [6.07, 6.45) is -0.381. The molecule has 0 aromatic heterocycles. The Morgan fingerprint density at radius 2 is 1.78 bits per heavy atom. The smallest absolute Gasteiger partial charge is 0.331 e. The summed E-state index contributed by atoms with van der Waals surface area (Å²) in [5, 5.41) is 16.2. The van der Waals surface area contributed by atoms with Crippen LogP contribution in [0.2, 0.25) is 0 Å². The summed E-state index contributed by atoms with van der Waals surface area (Å²) in [7, 11) is 1.08. The van der Waals surface area contributed by atoms with Crippen LogP contribution < -0.4 is 0 Å². The fraction of sp³-hybridized carbons (Fsp3) is 0.250. The number of carboxylic acid groups (broad SMARTS) is 2. The average Bonchev–Trinajstić information content (AvgIpc) is 1.63. The van der Waals surface area contributed by atoms with E-state index >= 15 is 0 Å². The molecule has 1 atom stereocenters. The quantitative estimate of drug-likeness (QED) is 0.523. The van der Waals surface area contributed by atoms with E-state index in [1.807, 2.05) is 0 Å². The van der Waals surface area contributed by atoms with E-state index in [0.717, 1.165) is 8.86 Å². The Balaban J connectivity index is 3.79. The van der Waals surface area contributed by atoms with Crippen LogP contribution in [0, 0.1) is 0 Å². The number of aliphatic carboxylic acids is 2. The minimum atomic E-state index is -1.14. The van der Waals surface area contributed by atoms with Crippen molar-refractivity contribution in [2.45, 2.75) is 6.42 Å². The molecule has 0 radical (unpaired) electrons. The molecule has 0 aliphatic heterocycles. The highest BCUT2D eigenvalue weighted by molar-refractivity contribution is 7.25. The zero-order valence-electron chi connectivity index (χ0n) is 4.63. The molecule has 0 heterocycles. The van der Waals surface area contributed by atoms with E-state index in [1.165, 1.54) is 0 Å². The summed E-state index contributed by atoms with van der Waals surface area (Å²) >= 11 is 0. The zero-order valence-corrected chi connectivity index (χ0v) is 6.04. The molecule has 9 heavy (non-hydrogen) atoms. The second-order valence-electron chi connectivity index (χ2n) is 1.48. The molecular weight excluding hydrogens is 143 g/mol. The van der Waals surface area contributed by atoms with Crippen molar-refractivity contribution in [2.75, 3.05) is 0 Å². The van der Waals surface area contributed by atoms with Gasteiger partial charge in [0.15, 0.2) is 0 Å². The zero-order chi connectivity index (χ0) is 7.44. The van der Waals surface area contributed by atoms with Crippen LogP contribution in [0.15, 0.2) is 0 Å². The highest BCUT2D eigenvalue weighted by Gasteiger charge is 2.06. The van der Waals surface area contributed by atoms with E-state index < -0.39 is 11.9 Å². The average molecular weight is 150 g/mol. The van der Waals surface area contributed by atoms with E-state index in [0.29, 0.717) is 0 Å². The third-order valence-electron chi connectivity index (χ3n) is 0.667. The molecular formula is C4H7O4P. The van der Waals surface area contributed by atoms with Crippen molar-refractivity contribution in [3.63, 3.8) is 0 Å². The van der Waals surface area contributed by atoms with Crippen LogP contribution in [-0.4, -0.2) is 27.4 Å². The molecule has 0 rings (SSSR count). The van der Waals surface area contributed by atoms with E-state index in [2.05, 4.69) is 0 Å². The maximum absolute atomic E-state index is 9.94. The predicted octanol–water partition coefficient (Wildman–Crippen LogP) is -0.675. The van der Waals surface area contributed by atoms with Crippen molar-refractivity contribution >= 4 is 26.1 Å². The van der Waals surface area contributed by atoms with Crippen molar-refractivity contribution in [3.8, 4) is 0 Å². The highest BCUT2D eigenvalue weighted by Crippen LogP contribution is 1.88. The topological polar surface area (TPSA) is 74.6 Å². The lowest BCUT2D eigenvalue weighted by atomic mass is 10.3. The molecule has 0 aliphatic carbocycles. The minimum absolute atomic E-state index is 0.0255. The summed E-state index contributed by atoms with van der Waals surface area (Å²) in [6, 6.07) is 0. The van der Waals surface area contributed by atoms with Gasteiger partial charge in [-0.1, -0.05) is 0 Å². The molecule has 0 aliphatic rings. The normalized spacial score (nSPS) is 8.89. The molecule has 4 nitrogen and oxygen atoms in total. The fourth-order valence-corrected chi connectivity index (χ4v) is 0.472. The second kappa shape index (κ2) is 3.30. The number of carbonyl (C=O) groups is 2. The molecule has 1 unspecified atom stereocenters. The lowest BCUT2D eigenvalue weighted by Gasteiger charge is -1.91. The summed E-state index contributed by atoms with van der Waals surface area (Å²) < 4.78 is 0. The maximum Gasteiger partial charge on any atom is 0.331 e. The van der Waals surface area contributed by atoms with Gasteiger partial charge in [0.2, 0.25) is 0 Å². The molecule has 0 saturated heterocycles. The van der Waals surface area contributed by atoms with Gasteiger partial charge in [-0.25, -0.2) is 4.79 Å². The molecule has 0 bridgehead atoms. The van der Waals surface area contributed by atoms with Gasteiger partial charge in [-0.3, -0.25) is 4.79 Å². The number of rotatable bonds is 3. The van der Waals surface area contributed by atoms with Crippen LogP contribution in [0.25, 0.3) is 0 Å². The molecule has 5 heteroatoms. The third-order valence-corrected chi connectivity index (χ3v) is 1.22. The Bertz CT molecular complexity index is 162. The molecule has 0 spiro atoms. The van der Waals surface area contributed by atoms with E-state index in [9.17, 15) is 9.59 Å². The first-order valence-electron chi connectivity index (χ1n) is 2.17. The van der Waals surface area contributed by atoms with Gasteiger partial charge in [0.25, 0.3) is 0 Å². The number of hydrogen-bond acceptors (Lipinski definition) is 2. The third kappa shape index (κ3) is 3.79. The largest absolute Gasteiger partial charge is 0.481 e. The SMILES string of the molecule is O=C(O)CC(=[PH3])C(=O)O. The van der Waals surface area contributed by atoms with E-state index in [1.54, 1.807) is 0 Å². The summed E-state index contributed by atoms with van der Waals surface area (Å²) in [5.41, 5.74) is 0.